The van der Waals surface area contributed by atoms with E-state index in [1.807, 2.05) is 18.4 Å². The summed E-state index contributed by atoms with van der Waals surface area (Å²) in [5, 5.41) is 0. The van der Waals surface area contributed by atoms with Gasteiger partial charge < -0.3 is 5.73 Å². The number of anilines is 2. The van der Waals surface area contributed by atoms with Crippen molar-refractivity contribution < 1.29 is 8.42 Å². The van der Waals surface area contributed by atoms with Crippen LogP contribution in [0, 0.1) is 6.92 Å². The van der Waals surface area contributed by atoms with Crippen molar-refractivity contribution >= 4 is 33.2 Å². The van der Waals surface area contributed by atoms with E-state index in [4.69, 9.17) is 5.73 Å². The molecule has 0 aliphatic heterocycles. The van der Waals surface area contributed by atoms with E-state index in [1.165, 1.54) is 6.07 Å². The standard InChI is InChI=1S/C14H16N2O2S2/c1-10-9-13(7-8-14(10)15)20(17,18)16-11-3-5-12(19-2)6-4-11/h3-9,16H,15H2,1-2H3. The van der Waals surface area contributed by atoms with E-state index < -0.39 is 10.0 Å². The molecule has 2 aromatic rings. The number of benzene rings is 2. The van der Waals surface area contributed by atoms with Crippen molar-refractivity contribution in [3.05, 3.63) is 48.0 Å². The molecule has 2 aromatic carbocycles. The molecule has 0 unspecified atom stereocenters. The molecule has 2 rings (SSSR count). The molecular weight excluding hydrogens is 292 g/mol. The van der Waals surface area contributed by atoms with Crippen LogP contribution in [0.4, 0.5) is 11.4 Å². The van der Waals surface area contributed by atoms with E-state index >= 15 is 0 Å². The van der Waals surface area contributed by atoms with E-state index in [2.05, 4.69) is 4.72 Å². The highest BCUT2D eigenvalue weighted by Gasteiger charge is 2.14. The minimum atomic E-state index is -3.58. The van der Waals surface area contributed by atoms with Crippen LogP contribution >= 0.6 is 11.8 Å². The van der Waals surface area contributed by atoms with Crippen molar-refractivity contribution in [3.8, 4) is 0 Å². The number of thioether (sulfide) groups is 1. The minimum absolute atomic E-state index is 0.207. The Morgan fingerprint density at radius 2 is 1.75 bits per heavy atom. The van der Waals surface area contributed by atoms with Crippen molar-refractivity contribution in [1.82, 2.24) is 0 Å². The molecule has 20 heavy (non-hydrogen) atoms. The molecule has 0 saturated carbocycles. The van der Waals surface area contributed by atoms with Crippen LogP contribution in [0.5, 0.6) is 0 Å². The normalized spacial score (nSPS) is 11.3. The number of nitrogen functional groups attached to an aromatic ring is 1. The molecule has 0 aromatic heterocycles. The molecule has 4 nitrogen and oxygen atoms in total. The molecule has 6 heteroatoms. The van der Waals surface area contributed by atoms with Crippen molar-refractivity contribution in [2.45, 2.75) is 16.7 Å². The monoisotopic (exact) mass is 308 g/mol. The molecule has 0 heterocycles. The van der Waals surface area contributed by atoms with Gasteiger partial charge in [0.1, 0.15) is 0 Å². The Morgan fingerprint density at radius 1 is 1.10 bits per heavy atom. The highest BCUT2D eigenvalue weighted by atomic mass is 32.2. The SMILES string of the molecule is CSc1ccc(NS(=O)(=O)c2ccc(N)c(C)c2)cc1. The number of aryl methyl sites for hydroxylation is 1. The highest BCUT2D eigenvalue weighted by molar-refractivity contribution is 7.98. The number of nitrogens with two attached hydrogens (primary N) is 1. The van der Waals surface area contributed by atoms with Gasteiger partial charge in [0, 0.05) is 16.3 Å². The first kappa shape index (κ1) is 14.7. The second-order valence-electron chi connectivity index (χ2n) is 4.35. The average molecular weight is 308 g/mol. The third-order valence-electron chi connectivity index (χ3n) is 2.89. The van der Waals surface area contributed by atoms with Crippen LogP contribution in [0.2, 0.25) is 0 Å². The van der Waals surface area contributed by atoms with Crippen molar-refractivity contribution in [1.29, 1.82) is 0 Å². The van der Waals surface area contributed by atoms with Gasteiger partial charge in [0.05, 0.1) is 4.90 Å². The first-order valence-electron chi connectivity index (χ1n) is 5.95. The third kappa shape index (κ3) is 3.26. The lowest BCUT2D eigenvalue weighted by Crippen LogP contribution is -2.13. The predicted octanol–water partition coefficient (Wildman–Crippen LogP) is 3.10. The Morgan fingerprint density at radius 3 is 2.30 bits per heavy atom. The van der Waals surface area contributed by atoms with Gasteiger partial charge in [0.2, 0.25) is 0 Å². The van der Waals surface area contributed by atoms with Crippen LogP contribution in [0.1, 0.15) is 5.56 Å². The summed E-state index contributed by atoms with van der Waals surface area (Å²) in [5.74, 6) is 0. The highest BCUT2D eigenvalue weighted by Crippen LogP contribution is 2.22. The summed E-state index contributed by atoms with van der Waals surface area (Å²) in [7, 11) is -3.58. The van der Waals surface area contributed by atoms with Gasteiger partial charge in [0.15, 0.2) is 0 Å². The van der Waals surface area contributed by atoms with Gasteiger partial charge in [0.25, 0.3) is 10.0 Å². The van der Waals surface area contributed by atoms with Crippen molar-refractivity contribution in [2.24, 2.45) is 0 Å². The largest absolute Gasteiger partial charge is 0.399 e. The van der Waals surface area contributed by atoms with E-state index in [1.54, 1.807) is 43.0 Å². The number of hydrogen-bond acceptors (Lipinski definition) is 4. The second-order valence-corrected chi connectivity index (χ2v) is 6.91. The number of sulfonamides is 1. The Balaban J connectivity index is 2.27. The lowest BCUT2D eigenvalue weighted by Gasteiger charge is -2.10. The van der Waals surface area contributed by atoms with E-state index in [0.29, 0.717) is 11.4 Å². The Labute approximate surface area is 123 Å². The molecule has 0 saturated heterocycles. The fourth-order valence-electron chi connectivity index (χ4n) is 1.69. The fourth-order valence-corrected chi connectivity index (χ4v) is 3.24. The lowest BCUT2D eigenvalue weighted by atomic mass is 10.2. The Kier molecular flexibility index (Phi) is 4.25. The van der Waals surface area contributed by atoms with Crippen LogP contribution < -0.4 is 10.5 Å². The van der Waals surface area contributed by atoms with Crippen molar-refractivity contribution in [3.63, 3.8) is 0 Å². The molecule has 0 aliphatic rings. The third-order valence-corrected chi connectivity index (χ3v) is 5.02. The van der Waals surface area contributed by atoms with Crippen LogP contribution in [0.3, 0.4) is 0 Å². The second kappa shape index (κ2) is 5.76. The fraction of sp³-hybridized carbons (Fsp3) is 0.143. The number of nitrogens with one attached hydrogen (secondary N) is 1. The van der Waals surface area contributed by atoms with Crippen LogP contribution in [0.25, 0.3) is 0 Å². The van der Waals surface area contributed by atoms with Gasteiger partial charge in [-0.05, 0) is 61.2 Å². The molecular formula is C14H16N2O2S2. The molecule has 0 radical (unpaired) electrons. The van der Waals surface area contributed by atoms with E-state index in [9.17, 15) is 8.42 Å². The van der Waals surface area contributed by atoms with E-state index in [0.717, 1.165) is 10.5 Å². The molecule has 0 fully saturated rings. The van der Waals surface area contributed by atoms with Gasteiger partial charge in [-0.1, -0.05) is 0 Å². The van der Waals surface area contributed by atoms with Gasteiger partial charge >= 0.3 is 0 Å². The maximum atomic E-state index is 12.3. The lowest BCUT2D eigenvalue weighted by molar-refractivity contribution is 0.601. The van der Waals surface area contributed by atoms with Gasteiger partial charge in [-0.25, -0.2) is 8.42 Å². The average Bonchev–Trinajstić information content (AvgIpc) is 2.42. The summed E-state index contributed by atoms with van der Waals surface area (Å²) in [6.45, 7) is 1.78. The molecule has 0 spiro atoms. The van der Waals surface area contributed by atoms with Gasteiger partial charge in [-0.2, -0.15) is 0 Å². The molecule has 3 N–H and O–H groups in total. The Bertz CT molecular complexity index is 710. The predicted molar refractivity (Wildman–Crippen MR) is 84.6 cm³/mol. The topological polar surface area (TPSA) is 72.2 Å². The molecule has 106 valence electrons. The van der Waals surface area contributed by atoms with Crippen LogP contribution in [-0.2, 0) is 10.0 Å². The maximum Gasteiger partial charge on any atom is 0.261 e. The summed E-state index contributed by atoms with van der Waals surface area (Å²) >= 11 is 1.60. The zero-order valence-corrected chi connectivity index (χ0v) is 12.9. The summed E-state index contributed by atoms with van der Waals surface area (Å²) in [5.41, 5.74) is 7.56. The van der Waals surface area contributed by atoms with E-state index in [-0.39, 0.29) is 4.90 Å². The minimum Gasteiger partial charge on any atom is -0.399 e. The summed E-state index contributed by atoms with van der Waals surface area (Å²) in [4.78, 5) is 1.29. The zero-order chi connectivity index (χ0) is 14.8. The molecule has 0 atom stereocenters. The smallest absolute Gasteiger partial charge is 0.261 e. The van der Waals surface area contributed by atoms with Crippen molar-refractivity contribution in [2.75, 3.05) is 16.7 Å². The number of rotatable bonds is 4. The van der Waals surface area contributed by atoms with Crippen LogP contribution in [0.15, 0.2) is 52.3 Å². The summed E-state index contributed by atoms with van der Waals surface area (Å²) in [6.07, 6.45) is 1.97. The zero-order valence-electron chi connectivity index (χ0n) is 11.3. The molecule has 0 aliphatic carbocycles. The number of hydrogen-bond donors (Lipinski definition) is 2. The first-order chi connectivity index (χ1) is 9.42. The quantitative estimate of drug-likeness (QED) is 0.672. The summed E-state index contributed by atoms with van der Waals surface area (Å²) in [6, 6.07) is 11.9. The first-order valence-corrected chi connectivity index (χ1v) is 8.66. The molecule has 0 amide bonds. The molecule has 0 bridgehead atoms. The van der Waals surface area contributed by atoms with Gasteiger partial charge in [-0.3, -0.25) is 4.72 Å². The van der Waals surface area contributed by atoms with Gasteiger partial charge in [-0.15, -0.1) is 11.8 Å². The van der Waals surface area contributed by atoms with Crippen LogP contribution in [-0.4, -0.2) is 14.7 Å². The Hall–Kier alpha value is -1.66. The summed E-state index contributed by atoms with van der Waals surface area (Å²) < 4.78 is 27.1. The maximum absolute atomic E-state index is 12.3.